The normalized spacial score (nSPS) is 13.6. The lowest BCUT2D eigenvalue weighted by molar-refractivity contribution is -0.173. The van der Waals surface area contributed by atoms with Gasteiger partial charge in [-0.2, -0.15) is 0 Å². The van der Waals surface area contributed by atoms with Crippen LogP contribution in [0.15, 0.2) is 0 Å². The summed E-state index contributed by atoms with van der Waals surface area (Å²) >= 11 is 0. The van der Waals surface area contributed by atoms with E-state index in [9.17, 15) is 14.4 Å². The summed E-state index contributed by atoms with van der Waals surface area (Å²) in [6, 6.07) is 0. The molecule has 0 bridgehead atoms. The highest BCUT2D eigenvalue weighted by atomic mass is 16.6. The monoisotopic (exact) mass is 274 g/mol. The van der Waals surface area contributed by atoms with E-state index in [0.29, 0.717) is 0 Å². The van der Waals surface area contributed by atoms with Gasteiger partial charge in [-0.25, -0.2) is 0 Å². The highest BCUT2D eigenvalue weighted by Crippen LogP contribution is 2.17. The van der Waals surface area contributed by atoms with Crippen LogP contribution in [0.2, 0.25) is 0 Å². The van der Waals surface area contributed by atoms with E-state index in [1.54, 1.807) is 41.5 Å². The molecule has 110 valence electrons. The highest BCUT2D eigenvalue weighted by Gasteiger charge is 2.34. The Balaban J connectivity index is 4.72. The number of carbonyl (C=O) groups is 3. The van der Waals surface area contributed by atoms with Gasteiger partial charge in [0.2, 0.25) is 0 Å². The fourth-order valence-corrected chi connectivity index (χ4v) is 1.19. The van der Waals surface area contributed by atoms with Gasteiger partial charge in [0.15, 0.2) is 5.92 Å². The number of carbonyl (C=O) groups excluding carboxylic acids is 2. The van der Waals surface area contributed by atoms with Crippen LogP contribution >= 0.6 is 0 Å². The highest BCUT2D eigenvalue weighted by molar-refractivity contribution is 5.97. The molecule has 0 aliphatic heterocycles. The Hall–Kier alpha value is -1.59. The average molecular weight is 274 g/mol. The SMILES string of the molecule is CC(C)(C)OC(=O)C[C@@H](C(=O)O)C(=O)OC(C)(C)C. The second-order valence-corrected chi connectivity index (χ2v) is 6.21. The first-order chi connectivity index (χ1) is 8.32. The first kappa shape index (κ1) is 17.4. The zero-order chi connectivity index (χ0) is 15.4. The van der Waals surface area contributed by atoms with Gasteiger partial charge in [-0.05, 0) is 41.5 Å². The second-order valence-electron chi connectivity index (χ2n) is 6.21. The summed E-state index contributed by atoms with van der Waals surface area (Å²) in [6.07, 6.45) is -0.540. The summed E-state index contributed by atoms with van der Waals surface area (Å²) in [6.45, 7) is 9.85. The Bertz CT molecular complexity index is 358. The Morgan fingerprint density at radius 3 is 1.68 bits per heavy atom. The number of rotatable bonds is 4. The number of hydrogen-bond donors (Lipinski definition) is 1. The van der Waals surface area contributed by atoms with Gasteiger partial charge in [-0.15, -0.1) is 0 Å². The van der Waals surface area contributed by atoms with Crippen LogP contribution in [-0.2, 0) is 23.9 Å². The summed E-state index contributed by atoms with van der Waals surface area (Å²) < 4.78 is 9.95. The molecule has 0 saturated carbocycles. The molecule has 0 spiro atoms. The first-order valence-corrected chi connectivity index (χ1v) is 5.99. The molecule has 0 aromatic heterocycles. The molecular formula is C13H22O6. The molecule has 6 nitrogen and oxygen atoms in total. The van der Waals surface area contributed by atoms with Crippen molar-refractivity contribution in [2.45, 2.75) is 59.2 Å². The van der Waals surface area contributed by atoms with E-state index >= 15 is 0 Å². The summed E-state index contributed by atoms with van der Waals surface area (Å²) in [7, 11) is 0. The van der Waals surface area contributed by atoms with Crippen LogP contribution in [0.3, 0.4) is 0 Å². The minimum absolute atomic E-state index is 0.540. The third kappa shape index (κ3) is 8.18. The Morgan fingerprint density at radius 1 is 0.947 bits per heavy atom. The minimum Gasteiger partial charge on any atom is -0.481 e. The minimum atomic E-state index is -1.55. The zero-order valence-corrected chi connectivity index (χ0v) is 12.3. The van der Waals surface area contributed by atoms with Gasteiger partial charge < -0.3 is 14.6 Å². The second kappa shape index (κ2) is 6.04. The molecule has 0 saturated heterocycles. The fraction of sp³-hybridized carbons (Fsp3) is 0.769. The zero-order valence-electron chi connectivity index (χ0n) is 12.3. The van der Waals surface area contributed by atoms with E-state index in [-0.39, 0.29) is 0 Å². The van der Waals surface area contributed by atoms with Crippen molar-refractivity contribution in [3.05, 3.63) is 0 Å². The number of ether oxygens (including phenoxy) is 2. The Labute approximate surface area is 113 Å². The predicted molar refractivity (Wildman–Crippen MR) is 67.4 cm³/mol. The molecule has 0 rings (SSSR count). The largest absolute Gasteiger partial charge is 0.481 e. The molecule has 0 aliphatic rings. The van der Waals surface area contributed by atoms with Crippen molar-refractivity contribution in [1.29, 1.82) is 0 Å². The molecule has 0 amide bonds. The van der Waals surface area contributed by atoms with Crippen LogP contribution in [0.1, 0.15) is 48.0 Å². The molecule has 19 heavy (non-hydrogen) atoms. The van der Waals surface area contributed by atoms with Crippen molar-refractivity contribution in [2.75, 3.05) is 0 Å². The van der Waals surface area contributed by atoms with E-state index in [4.69, 9.17) is 14.6 Å². The number of carboxylic acids is 1. The van der Waals surface area contributed by atoms with Crippen LogP contribution in [-0.4, -0.2) is 34.2 Å². The van der Waals surface area contributed by atoms with Crippen LogP contribution in [0.5, 0.6) is 0 Å². The summed E-state index contributed by atoms with van der Waals surface area (Å²) in [5.41, 5.74) is -1.53. The first-order valence-electron chi connectivity index (χ1n) is 5.99. The predicted octanol–water partition coefficient (Wildman–Crippen LogP) is 1.76. The number of aliphatic carboxylic acids is 1. The maximum Gasteiger partial charge on any atom is 0.321 e. The molecule has 0 aromatic carbocycles. The number of carboxylic acid groups (broad SMARTS) is 1. The van der Waals surface area contributed by atoms with Crippen molar-refractivity contribution < 1.29 is 29.0 Å². The van der Waals surface area contributed by atoms with Crippen molar-refractivity contribution >= 4 is 17.9 Å². The number of hydrogen-bond acceptors (Lipinski definition) is 5. The summed E-state index contributed by atoms with van der Waals surface area (Å²) in [4.78, 5) is 34.3. The molecule has 6 heteroatoms. The van der Waals surface area contributed by atoms with Crippen LogP contribution in [0, 0.1) is 5.92 Å². The van der Waals surface area contributed by atoms with E-state index in [0.717, 1.165) is 0 Å². The molecule has 0 fully saturated rings. The van der Waals surface area contributed by atoms with E-state index < -0.39 is 41.4 Å². The fourth-order valence-electron chi connectivity index (χ4n) is 1.19. The van der Waals surface area contributed by atoms with Gasteiger partial charge in [0.1, 0.15) is 11.2 Å². The molecule has 0 heterocycles. The molecule has 1 atom stereocenters. The third-order valence-electron chi connectivity index (χ3n) is 1.78. The van der Waals surface area contributed by atoms with Crippen molar-refractivity contribution in [3.8, 4) is 0 Å². The lowest BCUT2D eigenvalue weighted by atomic mass is 10.1. The average Bonchev–Trinajstić information content (AvgIpc) is 2.07. The lowest BCUT2D eigenvalue weighted by Crippen LogP contribution is -2.35. The molecule has 0 aromatic rings. The molecule has 0 unspecified atom stereocenters. The van der Waals surface area contributed by atoms with E-state index in [1.807, 2.05) is 0 Å². The van der Waals surface area contributed by atoms with Crippen LogP contribution < -0.4 is 0 Å². The van der Waals surface area contributed by atoms with E-state index in [2.05, 4.69) is 0 Å². The maximum absolute atomic E-state index is 11.7. The van der Waals surface area contributed by atoms with Crippen molar-refractivity contribution in [1.82, 2.24) is 0 Å². The van der Waals surface area contributed by atoms with Gasteiger partial charge in [-0.1, -0.05) is 0 Å². The van der Waals surface area contributed by atoms with E-state index in [1.165, 1.54) is 0 Å². The smallest absolute Gasteiger partial charge is 0.321 e. The number of esters is 2. The quantitative estimate of drug-likeness (QED) is 0.620. The topological polar surface area (TPSA) is 89.9 Å². The lowest BCUT2D eigenvalue weighted by Gasteiger charge is -2.23. The Morgan fingerprint density at radius 2 is 1.37 bits per heavy atom. The maximum atomic E-state index is 11.7. The van der Waals surface area contributed by atoms with Gasteiger partial charge in [0, 0.05) is 0 Å². The van der Waals surface area contributed by atoms with Gasteiger partial charge in [0.05, 0.1) is 6.42 Å². The Kier molecular flexibility index (Phi) is 5.53. The van der Waals surface area contributed by atoms with Gasteiger partial charge in [0.25, 0.3) is 0 Å². The standard InChI is InChI=1S/C13H22O6/c1-12(2,3)18-9(14)7-8(10(15)16)11(17)19-13(4,5)6/h8H,7H2,1-6H3,(H,15,16)/t8-/m0/s1. The van der Waals surface area contributed by atoms with Crippen LogP contribution in [0.4, 0.5) is 0 Å². The van der Waals surface area contributed by atoms with Crippen LogP contribution in [0.25, 0.3) is 0 Å². The van der Waals surface area contributed by atoms with Gasteiger partial charge in [-0.3, -0.25) is 14.4 Å². The molecule has 0 radical (unpaired) electrons. The summed E-state index contributed by atoms with van der Waals surface area (Å²) in [5, 5.41) is 8.98. The third-order valence-corrected chi connectivity index (χ3v) is 1.78. The molecule has 1 N–H and O–H groups in total. The van der Waals surface area contributed by atoms with Gasteiger partial charge >= 0.3 is 17.9 Å². The molecular weight excluding hydrogens is 252 g/mol. The summed E-state index contributed by atoms with van der Waals surface area (Å²) in [5.74, 6) is -4.63. The van der Waals surface area contributed by atoms with Crippen molar-refractivity contribution in [2.24, 2.45) is 5.92 Å². The molecule has 0 aliphatic carbocycles. The van der Waals surface area contributed by atoms with Crippen molar-refractivity contribution in [3.63, 3.8) is 0 Å².